The Morgan fingerprint density at radius 2 is 2.23 bits per heavy atom. The van der Waals surface area contributed by atoms with E-state index < -0.39 is 0 Å². The number of carbonyl (C=O) groups excluding carboxylic acids is 1. The second-order valence-electron chi connectivity index (χ2n) is 3.74. The van der Waals surface area contributed by atoms with Crippen LogP contribution in [-0.2, 0) is 6.42 Å². The lowest BCUT2D eigenvalue weighted by Gasteiger charge is -2.22. The van der Waals surface area contributed by atoms with Gasteiger partial charge in [-0.2, -0.15) is 0 Å². The fourth-order valence-corrected chi connectivity index (χ4v) is 1.76. The number of benzene rings is 1. The Labute approximate surface area is 78.0 Å². The maximum Gasteiger partial charge on any atom is 0.251 e. The minimum Gasteiger partial charge on any atom is -0.349 e. The highest BCUT2D eigenvalue weighted by molar-refractivity contribution is 5.97. The zero-order valence-corrected chi connectivity index (χ0v) is 7.92. The van der Waals surface area contributed by atoms with Crippen LogP contribution in [0.2, 0.25) is 0 Å². The summed E-state index contributed by atoms with van der Waals surface area (Å²) in [7, 11) is 0. The first-order valence-electron chi connectivity index (χ1n) is 4.57. The van der Waals surface area contributed by atoms with Gasteiger partial charge in [0.25, 0.3) is 5.91 Å². The lowest BCUT2D eigenvalue weighted by Crippen LogP contribution is -2.39. The normalized spacial score (nSPS) is 20.8. The molecular weight excluding hydrogens is 162 g/mol. The SMILES string of the molecule is Cc1ccc2c(c1)C(=O)NC(C)C2. The molecule has 1 unspecified atom stereocenters. The standard InChI is InChI=1S/C11H13NO/c1-7-3-4-9-6-8(2)12-11(13)10(9)5-7/h3-5,8H,6H2,1-2H3,(H,12,13). The molecule has 0 radical (unpaired) electrons. The molecule has 0 fully saturated rings. The van der Waals surface area contributed by atoms with Crippen LogP contribution in [0.5, 0.6) is 0 Å². The van der Waals surface area contributed by atoms with Gasteiger partial charge in [-0.1, -0.05) is 17.7 Å². The Morgan fingerprint density at radius 3 is 3.00 bits per heavy atom. The first-order valence-corrected chi connectivity index (χ1v) is 4.57. The van der Waals surface area contributed by atoms with Gasteiger partial charge in [-0.05, 0) is 31.9 Å². The first kappa shape index (κ1) is 8.30. The summed E-state index contributed by atoms with van der Waals surface area (Å²) in [6.07, 6.45) is 0.946. The van der Waals surface area contributed by atoms with Crippen LogP contribution < -0.4 is 5.32 Å². The van der Waals surface area contributed by atoms with Gasteiger partial charge in [0.2, 0.25) is 0 Å². The predicted molar refractivity (Wildman–Crippen MR) is 51.8 cm³/mol. The van der Waals surface area contributed by atoms with Crippen molar-refractivity contribution in [2.45, 2.75) is 26.3 Å². The van der Waals surface area contributed by atoms with Crippen molar-refractivity contribution in [2.24, 2.45) is 0 Å². The third kappa shape index (κ3) is 1.44. The van der Waals surface area contributed by atoms with Gasteiger partial charge in [-0.15, -0.1) is 0 Å². The van der Waals surface area contributed by atoms with Crippen LogP contribution in [0.25, 0.3) is 0 Å². The summed E-state index contributed by atoms with van der Waals surface area (Å²) in [4.78, 5) is 11.5. The highest BCUT2D eigenvalue weighted by Crippen LogP contribution is 2.17. The van der Waals surface area contributed by atoms with Crippen molar-refractivity contribution in [3.8, 4) is 0 Å². The van der Waals surface area contributed by atoms with Gasteiger partial charge in [0.1, 0.15) is 0 Å². The van der Waals surface area contributed by atoms with Crippen molar-refractivity contribution in [3.05, 3.63) is 34.9 Å². The molecule has 1 N–H and O–H groups in total. The number of rotatable bonds is 0. The van der Waals surface area contributed by atoms with E-state index in [0.29, 0.717) is 0 Å². The van der Waals surface area contributed by atoms with Gasteiger partial charge in [0, 0.05) is 11.6 Å². The average molecular weight is 175 g/mol. The third-order valence-electron chi connectivity index (χ3n) is 2.41. The summed E-state index contributed by atoms with van der Waals surface area (Å²) in [6, 6.07) is 6.34. The maximum atomic E-state index is 11.5. The van der Waals surface area contributed by atoms with E-state index in [9.17, 15) is 4.79 Å². The van der Waals surface area contributed by atoms with E-state index in [1.807, 2.05) is 19.9 Å². The van der Waals surface area contributed by atoms with Gasteiger partial charge in [-0.3, -0.25) is 4.79 Å². The molecule has 1 aromatic rings. The molecule has 2 nitrogen and oxygen atoms in total. The molecule has 0 saturated heterocycles. The minimum atomic E-state index is 0.0671. The van der Waals surface area contributed by atoms with E-state index in [-0.39, 0.29) is 11.9 Å². The molecule has 0 saturated carbocycles. The summed E-state index contributed by atoms with van der Waals surface area (Å²) in [6.45, 7) is 4.03. The third-order valence-corrected chi connectivity index (χ3v) is 2.41. The van der Waals surface area contributed by atoms with Crippen molar-refractivity contribution in [3.63, 3.8) is 0 Å². The zero-order chi connectivity index (χ0) is 9.42. The van der Waals surface area contributed by atoms with E-state index in [1.165, 1.54) is 5.56 Å². The van der Waals surface area contributed by atoms with Crippen molar-refractivity contribution >= 4 is 5.91 Å². The van der Waals surface area contributed by atoms with Gasteiger partial charge >= 0.3 is 0 Å². The highest BCUT2D eigenvalue weighted by Gasteiger charge is 2.20. The van der Waals surface area contributed by atoms with Gasteiger partial charge in [0.15, 0.2) is 0 Å². The smallest absolute Gasteiger partial charge is 0.251 e. The summed E-state index contributed by atoms with van der Waals surface area (Å²) >= 11 is 0. The van der Waals surface area contributed by atoms with Crippen LogP contribution in [0.3, 0.4) is 0 Å². The predicted octanol–water partition coefficient (Wildman–Crippen LogP) is 1.67. The minimum absolute atomic E-state index is 0.0671. The Hall–Kier alpha value is -1.31. The number of amides is 1. The zero-order valence-electron chi connectivity index (χ0n) is 7.92. The van der Waals surface area contributed by atoms with Crippen LogP contribution in [0.4, 0.5) is 0 Å². The van der Waals surface area contributed by atoms with Crippen LogP contribution >= 0.6 is 0 Å². The van der Waals surface area contributed by atoms with Crippen molar-refractivity contribution in [1.29, 1.82) is 0 Å². The van der Waals surface area contributed by atoms with E-state index in [2.05, 4.69) is 17.4 Å². The van der Waals surface area contributed by atoms with Crippen LogP contribution in [0.15, 0.2) is 18.2 Å². The molecule has 1 heterocycles. The van der Waals surface area contributed by atoms with Crippen LogP contribution in [0, 0.1) is 6.92 Å². The van der Waals surface area contributed by atoms with E-state index >= 15 is 0 Å². The molecule has 0 spiro atoms. The number of carbonyl (C=O) groups is 1. The molecular formula is C11H13NO. The van der Waals surface area contributed by atoms with Gasteiger partial charge < -0.3 is 5.32 Å². The van der Waals surface area contributed by atoms with E-state index in [4.69, 9.17) is 0 Å². The van der Waals surface area contributed by atoms with Gasteiger partial charge in [-0.25, -0.2) is 0 Å². The molecule has 1 atom stereocenters. The number of hydrogen-bond acceptors (Lipinski definition) is 1. The van der Waals surface area contributed by atoms with Gasteiger partial charge in [0.05, 0.1) is 0 Å². The summed E-state index contributed by atoms with van der Waals surface area (Å²) in [5, 5.41) is 2.92. The summed E-state index contributed by atoms with van der Waals surface area (Å²) < 4.78 is 0. The van der Waals surface area contributed by atoms with E-state index in [0.717, 1.165) is 17.5 Å². The number of nitrogens with one attached hydrogen (secondary N) is 1. The molecule has 0 bridgehead atoms. The fourth-order valence-electron chi connectivity index (χ4n) is 1.76. The first-order chi connectivity index (χ1) is 6.16. The topological polar surface area (TPSA) is 29.1 Å². The monoisotopic (exact) mass is 175 g/mol. The molecule has 1 aliphatic rings. The highest BCUT2D eigenvalue weighted by atomic mass is 16.1. The van der Waals surface area contributed by atoms with Crippen molar-refractivity contribution < 1.29 is 4.79 Å². The number of aryl methyl sites for hydroxylation is 1. The van der Waals surface area contributed by atoms with Crippen molar-refractivity contribution in [1.82, 2.24) is 5.32 Å². The number of hydrogen-bond donors (Lipinski definition) is 1. The maximum absolute atomic E-state index is 11.5. The molecule has 13 heavy (non-hydrogen) atoms. The lowest BCUT2D eigenvalue weighted by atomic mass is 9.95. The Balaban J connectivity index is 2.49. The largest absolute Gasteiger partial charge is 0.349 e. The Bertz CT molecular complexity index is 357. The average Bonchev–Trinajstić information content (AvgIpc) is 2.06. The lowest BCUT2D eigenvalue weighted by molar-refractivity contribution is 0.0929. The molecule has 1 aromatic carbocycles. The molecule has 1 aliphatic heterocycles. The molecule has 1 amide bonds. The summed E-state index contributed by atoms with van der Waals surface area (Å²) in [5.74, 6) is 0.0671. The second kappa shape index (κ2) is 2.87. The number of fused-ring (bicyclic) bond motifs is 1. The molecule has 2 heteroatoms. The fraction of sp³-hybridized carbons (Fsp3) is 0.364. The van der Waals surface area contributed by atoms with Crippen LogP contribution in [-0.4, -0.2) is 11.9 Å². The molecule has 0 aliphatic carbocycles. The second-order valence-corrected chi connectivity index (χ2v) is 3.74. The Morgan fingerprint density at radius 1 is 1.46 bits per heavy atom. The van der Waals surface area contributed by atoms with E-state index in [1.54, 1.807) is 0 Å². The summed E-state index contributed by atoms with van der Waals surface area (Å²) in [5.41, 5.74) is 3.16. The molecule has 2 rings (SSSR count). The Kier molecular flexibility index (Phi) is 1.83. The molecule has 68 valence electrons. The molecule has 0 aromatic heterocycles. The van der Waals surface area contributed by atoms with Crippen LogP contribution in [0.1, 0.15) is 28.4 Å². The quantitative estimate of drug-likeness (QED) is 0.638. The van der Waals surface area contributed by atoms with Crippen molar-refractivity contribution in [2.75, 3.05) is 0 Å².